The SMILES string of the molecule is CCOCCOCCOc1nn2ccccc2c1N=C1N=C(Nc2c(OCCOCCOCC)nn3ccccc23)C(=N)C=C1N.Cl. The van der Waals surface area contributed by atoms with Gasteiger partial charge in [0.05, 0.1) is 62.1 Å². The molecule has 15 nitrogen and oxygen atoms in total. The van der Waals surface area contributed by atoms with Gasteiger partial charge in [-0.2, -0.15) is 0 Å². The first-order valence-corrected chi connectivity index (χ1v) is 15.1. The molecule has 4 N–H and O–H groups in total. The Morgan fingerprint density at radius 1 is 0.766 bits per heavy atom. The molecule has 1 aliphatic heterocycles. The van der Waals surface area contributed by atoms with Crippen molar-refractivity contribution in [1.82, 2.24) is 19.2 Å². The number of fused-ring (bicyclic) bond motifs is 2. The van der Waals surface area contributed by atoms with Gasteiger partial charge >= 0.3 is 0 Å². The zero-order valence-corrected chi connectivity index (χ0v) is 27.2. The monoisotopic (exact) mass is 669 g/mol. The summed E-state index contributed by atoms with van der Waals surface area (Å²) < 4.78 is 37.0. The Bertz CT molecular complexity index is 1720. The van der Waals surface area contributed by atoms with Gasteiger partial charge in [-0.05, 0) is 44.2 Å². The fraction of sp³-hybridized carbons (Fsp3) is 0.387. The number of anilines is 1. The number of dihydropyridines is 1. The van der Waals surface area contributed by atoms with Crippen LogP contribution in [-0.2, 0) is 18.9 Å². The number of halogens is 1. The molecule has 4 aromatic rings. The highest BCUT2D eigenvalue weighted by Gasteiger charge is 2.23. The van der Waals surface area contributed by atoms with Crippen molar-refractivity contribution in [3.05, 3.63) is 60.6 Å². The van der Waals surface area contributed by atoms with Crippen LogP contribution in [0.1, 0.15) is 13.8 Å². The molecule has 0 unspecified atom stereocenters. The van der Waals surface area contributed by atoms with Gasteiger partial charge in [-0.1, -0.05) is 12.1 Å². The van der Waals surface area contributed by atoms with Gasteiger partial charge in [0.25, 0.3) is 11.8 Å². The number of hydrogen-bond acceptors (Lipinski definition) is 12. The summed E-state index contributed by atoms with van der Waals surface area (Å²) in [6.45, 7) is 8.37. The molecule has 5 rings (SSSR count). The quantitative estimate of drug-likeness (QED) is 0.132. The van der Waals surface area contributed by atoms with E-state index in [9.17, 15) is 0 Å². The van der Waals surface area contributed by atoms with E-state index in [2.05, 4.69) is 20.5 Å². The molecule has 0 saturated heterocycles. The molecule has 252 valence electrons. The minimum Gasteiger partial charge on any atom is -0.473 e. The van der Waals surface area contributed by atoms with Crippen molar-refractivity contribution >= 4 is 52.2 Å². The summed E-state index contributed by atoms with van der Waals surface area (Å²) in [4.78, 5) is 9.41. The fourth-order valence-corrected chi connectivity index (χ4v) is 4.41. The summed E-state index contributed by atoms with van der Waals surface area (Å²) in [5.74, 6) is 1.04. The second-order valence-corrected chi connectivity index (χ2v) is 9.74. The third kappa shape index (κ3) is 9.27. The summed E-state index contributed by atoms with van der Waals surface area (Å²) in [5, 5.41) is 21.0. The van der Waals surface area contributed by atoms with Crippen LogP contribution < -0.4 is 20.5 Å². The van der Waals surface area contributed by atoms with E-state index in [1.165, 1.54) is 6.08 Å². The lowest BCUT2D eigenvalue weighted by Crippen LogP contribution is -2.29. The molecule has 0 radical (unpaired) electrons. The zero-order valence-electron chi connectivity index (χ0n) is 26.4. The number of nitrogens with one attached hydrogen (secondary N) is 2. The minimum atomic E-state index is 0. The van der Waals surface area contributed by atoms with Crippen LogP contribution in [-0.4, -0.2) is 103 Å². The van der Waals surface area contributed by atoms with E-state index in [4.69, 9.17) is 44.6 Å². The number of hydrogen-bond donors (Lipinski definition) is 3. The summed E-state index contributed by atoms with van der Waals surface area (Å²) in [6.07, 6.45) is 5.10. The lowest BCUT2D eigenvalue weighted by Gasteiger charge is -2.15. The molecule has 0 spiro atoms. The Labute approximate surface area is 278 Å². The van der Waals surface area contributed by atoms with Crippen LogP contribution in [0.2, 0.25) is 0 Å². The summed E-state index contributed by atoms with van der Waals surface area (Å²) in [6, 6.07) is 11.2. The van der Waals surface area contributed by atoms with Crippen LogP contribution in [0.4, 0.5) is 11.4 Å². The molecular formula is C31H40ClN9O6. The normalized spacial score (nSPS) is 13.9. The summed E-state index contributed by atoms with van der Waals surface area (Å²) in [5.41, 5.74) is 9.03. The zero-order chi connectivity index (χ0) is 32.1. The van der Waals surface area contributed by atoms with Gasteiger partial charge in [-0.3, -0.25) is 5.41 Å². The lowest BCUT2D eigenvalue weighted by atomic mass is 10.2. The number of rotatable bonds is 18. The average molecular weight is 670 g/mol. The van der Waals surface area contributed by atoms with Gasteiger partial charge in [0.1, 0.15) is 18.9 Å². The first-order valence-electron chi connectivity index (χ1n) is 15.1. The third-order valence-electron chi connectivity index (χ3n) is 6.57. The van der Waals surface area contributed by atoms with E-state index in [0.717, 1.165) is 5.52 Å². The molecule has 0 atom stereocenters. The van der Waals surface area contributed by atoms with Crippen molar-refractivity contribution in [3.63, 3.8) is 0 Å². The molecule has 4 aromatic heterocycles. The maximum atomic E-state index is 8.62. The molecule has 0 bridgehead atoms. The van der Waals surface area contributed by atoms with Crippen molar-refractivity contribution in [3.8, 4) is 11.8 Å². The highest BCUT2D eigenvalue weighted by molar-refractivity contribution is 6.52. The number of amidine groups is 2. The second kappa shape index (κ2) is 18.0. The molecule has 16 heteroatoms. The van der Waals surface area contributed by atoms with Crippen molar-refractivity contribution in [1.29, 1.82) is 5.41 Å². The molecule has 0 amide bonds. The van der Waals surface area contributed by atoms with Gasteiger partial charge in [0.15, 0.2) is 17.4 Å². The van der Waals surface area contributed by atoms with Crippen molar-refractivity contribution in [2.24, 2.45) is 15.7 Å². The smallest absolute Gasteiger partial charge is 0.260 e. The maximum Gasteiger partial charge on any atom is 0.260 e. The van der Waals surface area contributed by atoms with E-state index >= 15 is 0 Å². The molecular weight excluding hydrogens is 630 g/mol. The molecule has 0 aliphatic carbocycles. The molecule has 5 heterocycles. The number of pyridine rings is 2. The molecule has 0 fully saturated rings. The summed E-state index contributed by atoms with van der Waals surface area (Å²) in [7, 11) is 0. The van der Waals surface area contributed by atoms with E-state index in [0.29, 0.717) is 81.5 Å². The molecule has 0 aromatic carbocycles. The van der Waals surface area contributed by atoms with Crippen LogP contribution in [0, 0.1) is 5.41 Å². The van der Waals surface area contributed by atoms with E-state index < -0.39 is 0 Å². The maximum absolute atomic E-state index is 8.62. The van der Waals surface area contributed by atoms with E-state index in [-0.39, 0.29) is 48.7 Å². The van der Waals surface area contributed by atoms with Crippen molar-refractivity contribution in [2.75, 3.05) is 71.4 Å². The van der Waals surface area contributed by atoms with Crippen molar-refractivity contribution in [2.45, 2.75) is 13.8 Å². The Morgan fingerprint density at radius 3 is 1.98 bits per heavy atom. The molecule has 0 saturated carbocycles. The van der Waals surface area contributed by atoms with Gasteiger partial charge in [0, 0.05) is 25.6 Å². The van der Waals surface area contributed by atoms with Crippen LogP contribution in [0.3, 0.4) is 0 Å². The fourth-order valence-electron chi connectivity index (χ4n) is 4.41. The lowest BCUT2D eigenvalue weighted by molar-refractivity contribution is 0.0399. The van der Waals surface area contributed by atoms with Gasteiger partial charge in [-0.15, -0.1) is 22.6 Å². The number of ether oxygens (including phenoxy) is 6. The number of nitrogens with zero attached hydrogens (tertiary/aromatic N) is 6. The Balaban J connectivity index is 0.00000500. The number of aromatic nitrogens is 4. The van der Waals surface area contributed by atoms with Crippen LogP contribution in [0.25, 0.3) is 11.0 Å². The van der Waals surface area contributed by atoms with Gasteiger partial charge < -0.3 is 39.5 Å². The van der Waals surface area contributed by atoms with Crippen LogP contribution in [0.15, 0.2) is 70.5 Å². The molecule has 1 aliphatic rings. The highest BCUT2D eigenvalue weighted by Crippen LogP contribution is 2.33. The Kier molecular flexibility index (Phi) is 13.5. The number of aliphatic imine (C=N–C) groups is 2. The number of nitrogens with two attached hydrogens (primary N) is 1. The van der Waals surface area contributed by atoms with E-state index in [1.807, 2.05) is 56.4 Å². The Hall–Kier alpha value is -4.54. The first kappa shape index (κ1) is 35.3. The molecule has 47 heavy (non-hydrogen) atoms. The van der Waals surface area contributed by atoms with Crippen LogP contribution in [0.5, 0.6) is 11.8 Å². The average Bonchev–Trinajstić information content (AvgIpc) is 3.59. The predicted molar refractivity (Wildman–Crippen MR) is 181 cm³/mol. The predicted octanol–water partition coefficient (Wildman–Crippen LogP) is 3.68. The third-order valence-corrected chi connectivity index (χ3v) is 6.57. The highest BCUT2D eigenvalue weighted by atomic mass is 35.5. The summed E-state index contributed by atoms with van der Waals surface area (Å²) >= 11 is 0. The Morgan fingerprint density at radius 2 is 1.32 bits per heavy atom. The topological polar surface area (TPSA) is 177 Å². The standard InChI is InChI=1S/C31H39N9O6.ClH/c1-3-41-13-15-43-17-19-45-30-26(24-9-5-7-11-39(24)37-30)34-28-22(32)21-23(33)29(36-28)35-27-25-10-6-8-12-40(25)38-31(27)46-20-18-44-16-14-42-4-2;/h5-12,21,32H,3-4,13-20,33H2,1-2H3,(H,34,35,36);1H. The van der Waals surface area contributed by atoms with Gasteiger partial charge in [-0.25, -0.2) is 19.0 Å². The van der Waals surface area contributed by atoms with Crippen LogP contribution >= 0.6 is 12.4 Å². The minimum absolute atomic E-state index is 0. The van der Waals surface area contributed by atoms with E-state index in [1.54, 1.807) is 15.2 Å². The van der Waals surface area contributed by atoms with Crippen molar-refractivity contribution < 1.29 is 28.4 Å². The second-order valence-electron chi connectivity index (χ2n) is 9.74. The largest absolute Gasteiger partial charge is 0.473 e. The first-order chi connectivity index (χ1) is 22.6. The van der Waals surface area contributed by atoms with Gasteiger partial charge in [0.2, 0.25) is 0 Å².